The van der Waals surface area contributed by atoms with Gasteiger partial charge in [-0.2, -0.15) is 0 Å². The molecule has 0 saturated heterocycles. The monoisotopic (exact) mass is 387 g/mol. The molecule has 2 aromatic rings. The molecule has 28 heavy (non-hydrogen) atoms. The van der Waals surface area contributed by atoms with Crippen LogP contribution in [0.15, 0.2) is 36.4 Å². The van der Waals surface area contributed by atoms with Gasteiger partial charge >= 0.3 is 0 Å². The number of aliphatic hydroxyl groups is 1. The van der Waals surface area contributed by atoms with Crippen LogP contribution in [0.3, 0.4) is 0 Å². The Balaban J connectivity index is 2.14. The van der Waals surface area contributed by atoms with Crippen molar-refractivity contribution in [2.24, 2.45) is 11.8 Å². The predicted octanol–water partition coefficient (Wildman–Crippen LogP) is 3.73. The largest absolute Gasteiger partial charge is 0.376 e. The van der Waals surface area contributed by atoms with Crippen LogP contribution >= 0.6 is 0 Å². The lowest BCUT2D eigenvalue weighted by atomic mass is 10.0. The maximum absolute atomic E-state index is 14.1. The van der Waals surface area contributed by atoms with Crippen molar-refractivity contribution >= 4 is 5.91 Å². The Morgan fingerprint density at radius 2 is 1.79 bits per heavy atom. The Kier molecular flexibility index (Phi) is 7.27. The highest BCUT2D eigenvalue weighted by Gasteiger charge is 2.24. The molecule has 2 rings (SSSR count). The first-order chi connectivity index (χ1) is 13.1. The minimum atomic E-state index is -1.12. The van der Waals surface area contributed by atoms with Crippen LogP contribution in [0.25, 0.3) is 11.3 Å². The summed E-state index contributed by atoms with van der Waals surface area (Å²) in [5.41, 5.74) is 1.09. The Labute approximate surface area is 166 Å². The molecular formula is C22H30FN3O2. The molecule has 1 heterocycles. The average Bonchev–Trinajstić information content (AvgIpc) is 2.65. The lowest BCUT2D eigenvalue weighted by Gasteiger charge is -2.29. The van der Waals surface area contributed by atoms with Crippen LogP contribution in [0, 0.1) is 17.7 Å². The molecule has 1 amide bonds. The van der Waals surface area contributed by atoms with E-state index in [1.807, 2.05) is 27.7 Å². The van der Waals surface area contributed by atoms with Crippen LogP contribution in [-0.2, 0) is 6.54 Å². The molecule has 152 valence electrons. The number of aromatic nitrogens is 1. The van der Waals surface area contributed by atoms with Gasteiger partial charge in [-0.1, -0.05) is 39.8 Å². The van der Waals surface area contributed by atoms with Crippen molar-refractivity contribution in [3.8, 4) is 11.3 Å². The first kappa shape index (κ1) is 22.0. The Hall–Kier alpha value is -2.31. The third kappa shape index (κ3) is 5.84. The molecule has 3 N–H and O–H groups in total. The van der Waals surface area contributed by atoms with Gasteiger partial charge in [0.15, 0.2) is 0 Å². The Bertz CT molecular complexity index is 802. The summed E-state index contributed by atoms with van der Waals surface area (Å²) in [6.07, 6.45) is 0. The number of nitrogens with zero attached hydrogens (tertiary/aromatic N) is 1. The van der Waals surface area contributed by atoms with Crippen molar-refractivity contribution in [3.05, 3.63) is 53.5 Å². The standard InChI is InChI=1S/C22H30FN3O2/c1-14(2)12-24-21(27)17-8-6-16(7-9-17)19-11-10-18(23)20(26-19)13-25-22(5,28)15(3)4/h6-11,14-15,25,28H,12-13H2,1-5H3,(H,24,27)/t22-/m1/s1. The summed E-state index contributed by atoms with van der Waals surface area (Å²) in [5, 5.41) is 16.1. The Morgan fingerprint density at radius 3 is 2.36 bits per heavy atom. The third-order valence-electron chi connectivity index (χ3n) is 4.77. The van der Waals surface area contributed by atoms with Gasteiger partial charge in [-0.3, -0.25) is 10.1 Å². The third-order valence-corrected chi connectivity index (χ3v) is 4.77. The van der Waals surface area contributed by atoms with Gasteiger partial charge < -0.3 is 10.4 Å². The number of hydrogen-bond donors (Lipinski definition) is 3. The highest BCUT2D eigenvalue weighted by Crippen LogP contribution is 2.20. The van der Waals surface area contributed by atoms with Crippen molar-refractivity contribution in [2.45, 2.75) is 46.9 Å². The number of halogens is 1. The first-order valence-electron chi connectivity index (χ1n) is 9.61. The number of pyridine rings is 1. The minimum absolute atomic E-state index is 0.0341. The van der Waals surface area contributed by atoms with Gasteiger partial charge in [-0.25, -0.2) is 9.37 Å². The zero-order valence-corrected chi connectivity index (χ0v) is 17.2. The van der Waals surface area contributed by atoms with E-state index in [1.54, 1.807) is 37.3 Å². The molecule has 0 aliphatic carbocycles. The number of nitrogens with one attached hydrogen (secondary N) is 2. The first-order valence-corrected chi connectivity index (χ1v) is 9.61. The highest BCUT2D eigenvalue weighted by atomic mass is 19.1. The van der Waals surface area contributed by atoms with E-state index in [4.69, 9.17) is 0 Å². The fourth-order valence-electron chi connectivity index (χ4n) is 2.43. The summed E-state index contributed by atoms with van der Waals surface area (Å²) < 4.78 is 14.1. The molecule has 0 spiro atoms. The van der Waals surface area contributed by atoms with E-state index in [2.05, 4.69) is 15.6 Å². The second-order valence-electron chi connectivity index (χ2n) is 7.96. The van der Waals surface area contributed by atoms with E-state index in [1.165, 1.54) is 6.07 Å². The number of carbonyl (C=O) groups is 1. The van der Waals surface area contributed by atoms with Gasteiger partial charge in [0.2, 0.25) is 0 Å². The summed E-state index contributed by atoms with van der Waals surface area (Å²) in [6, 6.07) is 10.0. The quantitative estimate of drug-likeness (QED) is 0.604. The lowest BCUT2D eigenvalue weighted by molar-refractivity contribution is -0.0219. The number of benzene rings is 1. The smallest absolute Gasteiger partial charge is 0.251 e. The summed E-state index contributed by atoms with van der Waals surface area (Å²) in [7, 11) is 0. The molecule has 5 nitrogen and oxygen atoms in total. The van der Waals surface area contributed by atoms with E-state index >= 15 is 0 Å². The maximum atomic E-state index is 14.1. The highest BCUT2D eigenvalue weighted by molar-refractivity contribution is 5.94. The van der Waals surface area contributed by atoms with E-state index in [0.29, 0.717) is 23.7 Å². The number of amides is 1. The van der Waals surface area contributed by atoms with E-state index in [-0.39, 0.29) is 24.1 Å². The number of hydrogen-bond acceptors (Lipinski definition) is 4. The van der Waals surface area contributed by atoms with Gasteiger partial charge in [-0.05, 0) is 43.0 Å². The SMILES string of the molecule is CC(C)CNC(=O)c1ccc(-c2ccc(F)c(CN[C@](C)(O)C(C)C)n2)cc1. The summed E-state index contributed by atoms with van der Waals surface area (Å²) in [6.45, 7) is 10.2. The summed E-state index contributed by atoms with van der Waals surface area (Å²) >= 11 is 0. The molecule has 6 heteroatoms. The van der Waals surface area contributed by atoms with Crippen molar-refractivity contribution < 1.29 is 14.3 Å². The lowest BCUT2D eigenvalue weighted by Crippen LogP contribution is -2.46. The van der Waals surface area contributed by atoms with Crippen LogP contribution < -0.4 is 10.6 Å². The number of rotatable bonds is 8. The van der Waals surface area contributed by atoms with Gasteiger partial charge in [0, 0.05) is 24.2 Å². The summed E-state index contributed by atoms with van der Waals surface area (Å²) in [5.74, 6) is -0.197. The molecule has 0 unspecified atom stereocenters. The zero-order valence-electron chi connectivity index (χ0n) is 17.2. The van der Waals surface area contributed by atoms with Crippen molar-refractivity contribution in [1.29, 1.82) is 0 Å². The normalized spacial score (nSPS) is 13.6. The van der Waals surface area contributed by atoms with Gasteiger partial charge in [0.05, 0.1) is 11.4 Å². The zero-order chi connectivity index (χ0) is 20.9. The molecule has 1 atom stereocenters. The van der Waals surface area contributed by atoms with Crippen LogP contribution in [0.2, 0.25) is 0 Å². The van der Waals surface area contributed by atoms with Crippen LogP contribution in [-0.4, -0.2) is 28.3 Å². The molecule has 0 fully saturated rings. The molecular weight excluding hydrogens is 357 g/mol. The van der Waals surface area contributed by atoms with Crippen molar-refractivity contribution in [2.75, 3.05) is 6.54 Å². The second-order valence-corrected chi connectivity index (χ2v) is 7.96. The van der Waals surface area contributed by atoms with Crippen LogP contribution in [0.5, 0.6) is 0 Å². The molecule has 1 aromatic carbocycles. The fraction of sp³-hybridized carbons (Fsp3) is 0.455. The predicted molar refractivity (Wildman–Crippen MR) is 109 cm³/mol. The van der Waals surface area contributed by atoms with E-state index in [9.17, 15) is 14.3 Å². The van der Waals surface area contributed by atoms with E-state index in [0.717, 1.165) is 5.56 Å². The Morgan fingerprint density at radius 1 is 1.14 bits per heavy atom. The fourth-order valence-corrected chi connectivity index (χ4v) is 2.43. The van der Waals surface area contributed by atoms with Gasteiger partial charge in [0.1, 0.15) is 11.5 Å². The summed E-state index contributed by atoms with van der Waals surface area (Å²) in [4.78, 5) is 16.5. The molecule has 0 radical (unpaired) electrons. The molecule has 0 aliphatic rings. The van der Waals surface area contributed by atoms with Crippen molar-refractivity contribution in [3.63, 3.8) is 0 Å². The van der Waals surface area contributed by atoms with Gasteiger partial charge in [0.25, 0.3) is 5.91 Å². The number of carbonyl (C=O) groups excluding carboxylic acids is 1. The maximum Gasteiger partial charge on any atom is 0.251 e. The van der Waals surface area contributed by atoms with Crippen LogP contribution in [0.4, 0.5) is 4.39 Å². The van der Waals surface area contributed by atoms with E-state index < -0.39 is 11.5 Å². The topological polar surface area (TPSA) is 74.2 Å². The molecule has 1 aromatic heterocycles. The minimum Gasteiger partial charge on any atom is -0.376 e. The van der Waals surface area contributed by atoms with Gasteiger partial charge in [-0.15, -0.1) is 0 Å². The molecule has 0 bridgehead atoms. The van der Waals surface area contributed by atoms with Crippen LogP contribution in [0.1, 0.15) is 50.7 Å². The molecule has 0 saturated carbocycles. The second kappa shape index (κ2) is 9.26. The average molecular weight is 387 g/mol. The van der Waals surface area contributed by atoms with Crippen molar-refractivity contribution in [1.82, 2.24) is 15.6 Å². The molecule has 0 aliphatic heterocycles.